The molecule has 1 fully saturated rings. The van der Waals surface area contributed by atoms with Crippen molar-refractivity contribution >= 4 is 23.6 Å². The first-order valence-corrected chi connectivity index (χ1v) is 10.7. The largest absolute Gasteiger partial charge is 0.481 e. The van der Waals surface area contributed by atoms with Gasteiger partial charge in [0.05, 0.1) is 18.6 Å². The number of carboxylic acid groups (broad SMARTS) is 1. The van der Waals surface area contributed by atoms with Gasteiger partial charge in [-0.05, 0) is 30.6 Å². The topological polar surface area (TPSA) is 77.8 Å². The van der Waals surface area contributed by atoms with Gasteiger partial charge >= 0.3 is 5.97 Å². The van der Waals surface area contributed by atoms with Gasteiger partial charge in [0.25, 0.3) is 0 Å². The van der Waals surface area contributed by atoms with E-state index in [9.17, 15) is 14.7 Å². The Morgan fingerprint density at radius 1 is 1.26 bits per heavy atom. The Labute approximate surface area is 165 Å². The number of benzene rings is 1. The second-order valence-electron chi connectivity index (χ2n) is 6.80. The average Bonchev–Trinajstić information content (AvgIpc) is 2.99. The van der Waals surface area contributed by atoms with Crippen molar-refractivity contribution in [2.45, 2.75) is 50.7 Å². The van der Waals surface area contributed by atoms with Crippen LogP contribution in [0.3, 0.4) is 0 Å². The van der Waals surface area contributed by atoms with Gasteiger partial charge in [-0.15, -0.1) is 0 Å². The van der Waals surface area contributed by atoms with Crippen LogP contribution in [-0.2, 0) is 16.0 Å². The zero-order valence-corrected chi connectivity index (χ0v) is 16.4. The smallest absolute Gasteiger partial charge is 0.304 e. The van der Waals surface area contributed by atoms with Crippen LogP contribution < -0.4 is 0 Å². The van der Waals surface area contributed by atoms with Gasteiger partial charge in [0, 0.05) is 25.1 Å². The van der Waals surface area contributed by atoms with E-state index in [1.807, 2.05) is 47.4 Å². The van der Waals surface area contributed by atoms with Crippen LogP contribution in [0.5, 0.6) is 0 Å². The number of unbranched alkanes of at least 4 members (excludes halogenated alkanes) is 1. The predicted octanol–water partition coefficient (Wildman–Crippen LogP) is 3.13. The zero-order chi connectivity index (χ0) is 19.5. The lowest BCUT2D eigenvalue weighted by Crippen LogP contribution is -2.33. The molecule has 1 unspecified atom stereocenters. The molecular formula is C21H29NO4S. The third-order valence-corrected chi connectivity index (χ3v) is 5.69. The number of carboxylic acids is 1. The van der Waals surface area contributed by atoms with Crippen molar-refractivity contribution < 1.29 is 19.8 Å². The van der Waals surface area contributed by atoms with E-state index >= 15 is 0 Å². The van der Waals surface area contributed by atoms with Gasteiger partial charge in [0.1, 0.15) is 0 Å². The molecule has 6 heteroatoms. The van der Waals surface area contributed by atoms with Crippen LogP contribution in [0.25, 0.3) is 0 Å². The van der Waals surface area contributed by atoms with Crippen molar-refractivity contribution in [3.8, 4) is 0 Å². The first kappa shape index (κ1) is 21.5. The number of aliphatic hydroxyl groups is 1. The van der Waals surface area contributed by atoms with E-state index in [-0.39, 0.29) is 18.4 Å². The van der Waals surface area contributed by atoms with Gasteiger partial charge < -0.3 is 15.1 Å². The van der Waals surface area contributed by atoms with Gasteiger partial charge in [-0.25, -0.2) is 0 Å². The Kier molecular flexibility index (Phi) is 9.42. The highest BCUT2D eigenvalue weighted by molar-refractivity contribution is 7.99. The average molecular weight is 392 g/mol. The molecule has 1 amide bonds. The van der Waals surface area contributed by atoms with Crippen LogP contribution in [0.4, 0.5) is 0 Å². The fourth-order valence-corrected chi connectivity index (χ4v) is 4.11. The number of nitrogens with zero attached hydrogens (tertiary/aromatic N) is 1. The van der Waals surface area contributed by atoms with Gasteiger partial charge in [-0.2, -0.15) is 11.8 Å². The van der Waals surface area contributed by atoms with Crippen LogP contribution in [0.1, 0.15) is 37.7 Å². The summed E-state index contributed by atoms with van der Waals surface area (Å²) in [6.45, 7) is 0.724. The Hall–Kier alpha value is -1.79. The number of likely N-dealkylation sites (tertiary alicyclic amines) is 1. The summed E-state index contributed by atoms with van der Waals surface area (Å²) in [5, 5.41) is 18.8. The van der Waals surface area contributed by atoms with Gasteiger partial charge in [0.2, 0.25) is 5.91 Å². The molecule has 1 heterocycles. The first-order valence-electron chi connectivity index (χ1n) is 9.55. The molecular weight excluding hydrogens is 362 g/mol. The van der Waals surface area contributed by atoms with Gasteiger partial charge in [-0.3, -0.25) is 9.59 Å². The minimum absolute atomic E-state index is 0.0718. The summed E-state index contributed by atoms with van der Waals surface area (Å²) in [4.78, 5) is 24.5. The highest BCUT2D eigenvalue weighted by Crippen LogP contribution is 2.21. The van der Waals surface area contributed by atoms with E-state index in [0.717, 1.165) is 37.1 Å². The summed E-state index contributed by atoms with van der Waals surface area (Å²) in [7, 11) is 0. The summed E-state index contributed by atoms with van der Waals surface area (Å²) in [6, 6.07) is 9.95. The lowest BCUT2D eigenvalue weighted by atomic mass is 10.1. The minimum Gasteiger partial charge on any atom is -0.481 e. The molecule has 148 valence electrons. The standard InChI is InChI=1S/C21H29NO4S/c23-19(16-17-6-2-1-3-7-17)10-8-18-9-11-20(24)22(18)13-4-5-14-27-15-12-21(25)26/h1-3,6-8,10,18-19,23H,4-5,9,11-16H2,(H,25,26)/b10-8+/t18-,19?/m1/s1. The lowest BCUT2D eigenvalue weighted by Gasteiger charge is -2.22. The molecule has 27 heavy (non-hydrogen) atoms. The number of carbonyl (C=O) groups excluding carboxylic acids is 1. The first-order chi connectivity index (χ1) is 13.1. The second kappa shape index (κ2) is 11.8. The summed E-state index contributed by atoms with van der Waals surface area (Å²) < 4.78 is 0. The summed E-state index contributed by atoms with van der Waals surface area (Å²) in [6.07, 6.45) is 7.28. The van der Waals surface area contributed by atoms with E-state index in [1.165, 1.54) is 0 Å². The molecule has 2 rings (SSSR count). The fourth-order valence-electron chi connectivity index (χ4n) is 3.17. The number of aliphatic hydroxyl groups excluding tert-OH is 1. The molecule has 1 saturated heterocycles. The molecule has 1 aliphatic rings. The van der Waals surface area contributed by atoms with E-state index in [2.05, 4.69) is 0 Å². The molecule has 1 aromatic carbocycles. The number of hydrogen-bond acceptors (Lipinski definition) is 4. The number of aliphatic carboxylic acids is 1. The Morgan fingerprint density at radius 3 is 2.78 bits per heavy atom. The summed E-state index contributed by atoms with van der Waals surface area (Å²) >= 11 is 1.65. The Bertz CT molecular complexity index is 620. The normalized spacial score (nSPS) is 18.3. The quantitative estimate of drug-likeness (QED) is 0.423. The van der Waals surface area contributed by atoms with E-state index in [1.54, 1.807) is 11.8 Å². The fraction of sp³-hybridized carbons (Fsp3) is 0.524. The lowest BCUT2D eigenvalue weighted by molar-refractivity contribution is -0.136. The molecule has 0 radical (unpaired) electrons. The second-order valence-corrected chi connectivity index (χ2v) is 8.02. The number of carbonyl (C=O) groups is 2. The van der Waals surface area contributed by atoms with Gasteiger partial charge in [-0.1, -0.05) is 42.5 Å². The number of amides is 1. The highest BCUT2D eigenvalue weighted by atomic mass is 32.2. The van der Waals surface area contributed by atoms with Crippen LogP contribution in [0, 0.1) is 0 Å². The van der Waals surface area contributed by atoms with Crippen molar-refractivity contribution in [1.82, 2.24) is 4.90 Å². The molecule has 5 nitrogen and oxygen atoms in total. The molecule has 2 N–H and O–H groups in total. The molecule has 0 spiro atoms. The van der Waals surface area contributed by atoms with Crippen molar-refractivity contribution in [2.24, 2.45) is 0 Å². The monoisotopic (exact) mass is 391 g/mol. The maximum Gasteiger partial charge on any atom is 0.304 e. The van der Waals surface area contributed by atoms with Gasteiger partial charge in [0.15, 0.2) is 0 Å². The number of hydrogen-bond donors (Lipinski definition) is 2. The van der Waals surface area contributed by atoms with E-state index in [0.29, 0.717) is 18.6 Å². The highest BCUT2D eigenvalue weighted by Gasteiger charge is 2.28. The van der Waals surface area contributed by atoms with Crippen LogP contribution in [0.2, 0.25) is 0 Å². The zero-order valence-electron chi connectivity index (χ0n) is 15.6. The Morgan fingerprint density at radius 2 is 2.04 bits per heavy atom. The molecule has 0 aliphatic carbocycles. The molecule has 0 aromatic heterocycles. The maximum absolute atomic E-state index is 12.1. The third-order valence-electron chi connectivity index (χ3n) is 4.62. The minimum atomic E-state index is -0.755. The molecule has 0 bridgehead atoms. The Balaban J connectivity index is 1.70. The predicted molar refractivity (Wildman–Crippen MR) is 109 cm³/mol. The molecule has 0 saturated carbocycles. The van der Waals surface area contributed by atoms with E-state index < -0.39 is 12.1 Å². The number of thioether (sulfide) groups is 1. The number of rotatable bonds is 12. The van der Waals surface area contributed by atoms with Crippen LogP contribution in [0.15, 0.2) is 42.5 Å². The van der Waals surface area contributed by atoms with Crippen molar-refractivity contribution in [3.63, 3.8) is 0 Å². The van der Waals surface area contributed by atoms with Crippen molar-refractivity contribution in [1.29, 1.82) is 0 Å². The maximum atomic E-state index is 12.1. The van der Waals surface area contributed by atoms with Crippen LogP contribution in [-0.4, -0.2) is 57.2 Å². The van der Waals surface area contributed by atoms with Crippen LogP contribution >= 0.6 is 11.8 Å². The van der Waals surface area contributed by atoms with Crippen molar-refractivity contribution in [3.05, 3.63) is 48.0 Å². The molecule has 1 aromatic rings. The van der Waals surface area contributed by atoms with Crippen molar-refractivity contribution in [2.75, 3.05) is 18.1 Å². The third kappa shape index (κ3) is 8.18. The molecule has 2 atom stereocenters. The molecule has 1 aliphatic heterocycles. The summed E-state index contributed by atoms with van der Waals surface area (Å²) in [5.41, 5.74) is 1.09. The van der Waals surface area contributed by atoms with E-state index in [4.69, 9.17) is 5.11 Å². The SMILES string of the molecule is O=C(O)CCSCCCCN1C(=O)CC[C@H]1/C=C/C(O)Cc1ccccc1. The summed E-state index contributed by atoms with van der Waals surface area (Å²) in [5.74, 6) is 0.990.